The van der Waals surface area contributed by atoms with Crippen molar-refractivity contribution in [3.8, 4) is 0 Å². The largest absolute Gasteiger partial charge is 0.460 e. The summed E-state index contributed by atoms with van der Waals surface area (Å²) < 4.78 is 5.52. The topological polar surface area (TPSA) is 41.6 Å². The summed E-state index contributed by atoms with van der Waals surface area (Å²) in [5.74, 6) is -0.0263. The minimum Gasteiger partial charge on any atom is -0.460 e. The Bertz CT molecular complexity index is 306. The van der Waals surface area contributed by atoms with Gasteiger partial charge in [-0.25, -0.2) is 0 Å². The zero-order chi connectivity index (χ0) is 13.9. The molecule has 0 unspecified atom stereocenters. The summed E-state index contributed by atoms with van der Waals surface area (Å²) in [5, 5.41) is 3.41. The van der Waals surface area contributed by atoms with Crippen LogP contribution in [0.2, 0.25) is 0 Å². The second kappa shape index (κ2) is 6.23. The van der Waals surface area contributed by atoms with Crippen molar-refractivity contribution in [2.45, 2.75) is 58.1 Å². The molecule has 0 aromatic carbocycles. The van der Waals surface area contributed by atoms with Crippen LogP contribution in [0.15, 0.2) is 0 Å². The zero-order valence-corrected chi connectivity index (χ0v) is 12.6. The first-order valence-corrected chi connectivity index (χ1v) is 7.63. The second-order valence-electron chi connectivity index (χ2n) is 6.87. The van der Waals surface area contributed by atoms with Crippen molar-refractivity contribution in [2.24, 2.45) is 5.92 Å². The van der Waals surface area contributed by atoms with Crippen LogP contribution in [0.5, 0.6) is 0 Å². The Labute approximate surface area is 116 Å². The molecule has 0 aliphatic carbocycles. The third-order valence-corrected chi connectivity index (χ3v) is 3.97. The lowest BCUT2D eigenvalue weighted by Gasteiger charge is -2.39. The average Bonchev–Trinajstić information content (AvgIpc) is 2.38. The number of nitrogens with one attached hydrogen (secondary N) is 1. The fourth-order valence-electron chi connectivity index (χ4n) is 3.05. The maximum absolute atomic E-state index is 12.2. The first kappa shape index (κ1) is 14.8. The first-order valence-electron chi connectivity index (χ1n) is 7.63. The number of esters is 1. The van der Waals surface area contributed by atoms with E-state index in [9.17, 15) is 4.79 Å². The summed E-state index contributed by atoms with van der Waals surface area (Å²) in [6.07, 6.45) is 4.90. The Balaban J connectivity index is 1.87. The lowest BCUT2D eigenvalue weighted by atomic mass is 9.93. The Morgan fingerprint density at radius 2 is 1.84 bits per heavy atom. The van der Waals surface area contributed by atoms with Crippen LogP contribution in [-0.2, 0) is 9.53 Å². The molecular formula is C15H28N2O2. The summed E-state index contributed by atoms with van der Waals surface area (Å²) in [6.45, 7) is 9.95. The molecule has 0 spiro atoms. The fraction of sp³-hybridized carbons (Fsp3) is 0.933. The highest BCUT2D eigenvalue weighted by Gasteiger charge is 2.33. The molecule has 2 aliphatic rings. The summed E-state index contributed by atoms with van der Waals surface area (Å²) in [6, 6.07) is 0.506. The molecule has 0 amide bonds. The van der Waals surface area contributed by atoms with Crippen molar-refractivity contribution in [3.05, 3.63) is 0 Å². The molecule has 2 rings (SSSR count). The van der Waals surface area contributed by atoms with E-state index >= 15 is 0 Å². The molecule has 2 fully saturated rings. The fourth-order valence-corrected chi connectivity index (χ4v) is 3.05. The van der Waals surface area contributed by atoms with Gasteiger partial charge in [-0.15, -0.1) is 0 Å². The molecular weight excluding hydrogens is 240 g/mol. The summed E-state index contributed by atoms with van der Waals surface area (Å²) in [7, 11) is 0. The number of nitrogens with zero attached hydrogens (tertiary/aromatic N) is 1. The Morgan fingerprint density at radius 3 is 2.47 bits per heavy atom. The lowest BCUT2D eigenvalue weighted by Crippen LogP contribution is -2.52. The Hall–Kier alpha value is -0.610. The normalized spacial score (nSPS) is 30.1. The van der Waals surface area contributed by atoms with Crippen molar-refractivity contribution < 1.29 is 9.53 Å². The van der Waals surface area contributed by atoms with Crippen LogP contribution >= 0.6 is 0 Å². The van der Waals surface area contributed by atoms with Crippen LogP contribution in [0.25, 0.3) is 0 Å². The summed E-state index contributed by atoms with van der Waals surface area (Å²) >= 11 is 0. The molecule has 4 heteroatoms. The van der Waals surface area contributed by atoms with Crippen molar-refractivity contribution in [1.82, 2.24) is 10.2 Å². The van der Waals surface area contributed by atoms with Crippen LogP contribution in [-0.4, -0.2) is 48.7 Å². The van der Waals surface area contributed by atoms with E-state index in [1.165, 1.54) is 32.4 Å². The molecule has 0 aromatic rings. The lowest BCUT2D eigenvalue weighted by molar-refractivity contribution is -0.161. The van der Waals surface area contributed by atoms with Gasteiger partial charge in [0.15, 0.2) is 0 Å². The highest BCUT2D eigenvalue weighted by atomic mass is 16.6. The molecule has 0 aromatic heterocycles. The van der Waals surface area contributed by atoms with Crippen molar-refractivity contribution in [2.75, 3.05) is 26.2 Å². The quantitative estimate of drug-likeness (QED) is 0.775. The van der Waals surface area contributed by atoms with Crippen LogP contribution in [0.3, 0.4) is 0 Å². The number of likely N-dealkylation sites (tertiary alicyclic amines) is 1. The van der Waals surface area contributed by atoms with Gasteiger partial charge in [0, 0.05) is 19.1 Å². The Morgan fingerprint density at radius 1 is 1.16 bits per heavy atom. The zero-order valence-electron chi connectivity index (χ0n) is 12.6. The third kappa shape index (κ3) is 4.46. The number of hydrogen-bond donors (Lipinski definition) is 1. The monoisotopic (exact) mass is 268 g/mol. The van der Waals surface area contributed by atoms with Gasteiger partial charge in [-0.1, -0.05) is 6.42 Å². The minimum atomic E-state index is -0.380. The third-order valence-electron chi connectivity index (χ3n) is 3.97. The van der Waals surface area contributed by atoms with Crippen LogP contribution in [0.4, 0.5) is 0 Å². The van der Waals surface area contributed by atoms with Crippen molar-refractivity contribution in [1.29, 1.82) is 0 Å². The molecule has 2 saturated heterocycles. The van der Waals surface area contributed by atoms with Gasteiger partial charge in [0.25, 0.3) is 0 Å². The minimum absolute atomic E-state index is 0.0138. The molecule has 0 radical (unpaired) electrons. The van der Waals surface area contributed by atoms with E-state index < -0.39 is 0 Å². The second-order valence-corrected chi connectivity index (χ2v) is 6.87. The van der Waals surface area contributed by atoms with Gasteiger partial charge in [0.1, 0.15) is 5.60 Å². The van der Waals surface area contributed by atoms with E-state index in [1.54, 1.807) is 0 Å². The number of hydrogen-bond acceptors (Lipinski definition) is 4. The van der Waals surface area contributed by atoms with Crippen molar-refractivity contribution in [3.63, 3.8) is 0 Å². The molecule has 1 N–H and O–H groups in total. The van der Waals surface area contributed by atoms with Gasteiger partial charge >= 0.3 is 5.97 Å². The number of carbonyl (C=O) groups is 1. The predicted octanol–water partition coefficient (Wildman–Crippen LogP) is 1.79. The molecule has 110 valence electrons. The average molecular weight is 268 g/mol. The smallest absolute Gasteiger partial charge is 0.310 e. The van der Waals surface area contributed by atoms with E-state index in [0.29, 0.717) is 6.04 Å². The SMILES string of the molecule is CC(C)(C)OC(=O)[C@H]1CNC[C@@H](N2CCCCC2)C1. The van der Waals surface area contributed by atoms with Crippen molar-refractivity contribution >= 4 is 5.97 Å². The van der Waals surface area contributed by atoms with E-state index in [1.807, 2.05) is 20.8 Å². The van der Waals surface area contributed by atoms with Gasteiger partial charge in [-0.05, 0) is 53.1 Å². The highest BCUT2D eigenvalue weighted by molar-refractivity contribution is 5.73. The van der Waals surface area contributed by atoms with Gasteiger partial charge in [-0.3, -0.25) is 9.69 Å². The highest BCUT2D eigenvalue weighted by Crippen LogP contribution is 2.22. The van der Waals surface area contributed by atoms with Gasteiger partial charge in [0.05, 0.1) is 5.92 Å². The summed E-state index contributed by atoms with van der Waals surface area (Å²) in [4.78, 5) is 14.7. The van der Waals surface area contributed by atoms with Crippen LogP contribution in [0, 0.1) is 5.92 Å². The maximum Gasteiger partial charge on any atom is 0.310 e. The van der Waals surface area contributed by atoms with Gasteiger partial charge < -0.3 is 10.1 Å². The van der Waals surface area contributed by atoms with Crippen LogP contribution < -0.4 is 5.32 Å². The molecule has 2 aliphatic heterocycles. The maximum atomic E-state index is 12.2. The van der Waals surface area contributed by atoms with Gasteiger partial charge in [-0.2, -0.15) is 0 Å². The molecule has 0 bridgehead atoms. The predicted molar refractivity (Wildman–Crippen MR) is 76.0 cm³/mol. The molecule has 2 heterocycles. The van der Waals surface area contributed by atoms with E-state index in [4.69, 9.17) is 4.74 Å². The number of piperidine rings is 2. The number of ether oxygens (including phenoxy) is 1. The number of carbonyl (C=O) groups excluding carboxylic acids is 1. The van der Waals surface area contributed by atoms with E-state index in [2.05, 4.69) is 10.2 Å². The number of rotatable bonds is 2. The Kier molecular flexibility index (Phi) is 4.85. The summed E-state index contributed by atoms with van der Waals surface area (Å²) in [5.41, 5.74) is -0.380. The molecule has 4 nitrogen and oxygen atoms in total. The van der Waals surface area contributed by atoms with Gasteiger partial charge in [0.2, 0.25) is 0 Å². The molecule has 2 atom stereocenters. The van der Waals surface area contributed by atoms with E-state index in [-0.39, 0.29) is 17.5 Å². The first-order chi connectivity index (χ1) is 8.96. The van der Waals surface area contributed by atoms with E-state index in [0.717, 1.165) is 19.5 Å². The molecule has 19 heavy (non-hydrogen) atoms. The standard InChI is InChI=1S/C15H28N2O2/c1-15(2,3)19-14(18)12-9-13(11-16-10-12)17-7-5-4-6-8-17/h12-13,16H,4-11H2,1-3H3/t12-,13+/m1/s1. The van der Waals surface area contributed by atoms with Crippen LogP contribution in [0.1, 0.15) is 46.5 Å². The molecule has 0 saturated carbocycles.